The number of allylic oxidation sites excluding steroid dienone is 4. The number of benzene rings is 2. The minimum Gasteiger partial charge on any atom is -0.344 e. The lowest BCUT2D eigenvalue weighted by atomic mass is 9.81. The van der Waals surface area contributed by atoms with Crippen molar-refractivity contribution in [2.24, 2.45) is 5.92 Å². The van der Waals surface area contributed by atoms with Gasteiger partial charge in [0.2, 0.25) is 5.69 Å². The Balaban J connectivity index is 1.74. The summed E-state index contributed by atoms with van der Waals surface area (Å²) < 4.78 is 35.9. The Kier molecular flexibility index (Phi) is 7.79. The molecule has 204 valence electrons. The van der Waals surface area contributed by atoms with Crippen molar-refractivity contribution in [1.29, 1.82) is 0 Å². The standard InChI is InChI=1S/C32H42N2O3S/c1-8-33-27-16-10-9-15-25(27)31(4,5)29(33)17-13-18-30-32(6,7)26-22-24(38(35,36)37)19-20-28(26)34(30)21-12-11-14-23(2)3/h9-10,13,15-20,22-23H,8,11-12,14,21H2,1-7H3/p+1. The van der Waals surface area contributed by atoms with Crippen LogP contribution in [0.1, 0.15) is 78.9 Å². The van der Waals surface area contributed by atoms with Crippen LogP contribution < -0.4 is 4.90 Å². The molecule has 2 aromatic rings. The van der Waals surface area contributed by atoms with E-state index >= 15 is 0 Å². The van der Waals surface area contributed by atoms with Gasteiger partial charge >= 0.3 is 0 Å². The second-order valence-electron chi connectivity index (χ2n) is 12.0. The zero-order valence-electron chi connectivity index (χ0n) is 24.0. The molecule has 0 saturated carbocycles. The Morgan fingerprint density at radius 1 is 1.00 bits per heavy atom. The van der Waals surface area contributed by atoms with E-state index in [0.29, 0.717) is 5.92 Å². The van der Waals surface area contributed by atoms with Crippen LogP contribution in [0.5, 0.6) is 0 Å². The van der Waals surface area contributed by atoms with E-state index in [1.165, 1.54) is 29.4 Å². The highest BCUT2D eigenvalue weighted by Gasteiger charge is 2.45. The highest BCUT2D eigenvalue weighted by molar-refractivity contribution is 7.85. The average molecular weight is 536 g/mol. The maximum atomic E-state index is 11.9. The van der Waals surface area contributed by atoms with E-state index < -0.39 is 15.5 Å². The molecule has 0 aliphatic carbocycles. The third-order valence-electron chi connectivity index (χ3n) is 8.20. The molecule has 6 heteroatoms. The number of rotatable bonds is 9. The summed E-state index contributed by atoms with van der Waals surface area (Å²) in [6.07, 6.45) is 9.96. The normalized spacial score (nSPS) is 19.2. The number of para-hydroxylation sites is 1. The molecule has 0 unspecified atom stereocenters. The molecule has 0 amide bonds. The SMILES string of the molecule is CCN1C(=CC=CC2=[N+](CCCCC(C)C)c3ccc(S(=O)(=O)O)cc3C2(C)C)C(C)(C)c2ccccc21. The molecule has 38 heavy (non-hydrogen) atoms. The fourth-order valence-electron chi connectivity index (χ4n) is 6.09. The lowest BCUT2D eigenvalue weighted by Crippen LogP contribution is -2.28. The predicted molar refractivity (Wildman–Crippen MR) is 157 cm³/mol. The average Bonchev–Trinajstić information content (AvgIpc) is 3.20. The van der Waals surface area contributed by atoms with E-state index in [9.17, 15) is 13.0 Å². The smallest absolute Gasteiger partial charge is 0.294 e. The number of hydrogen-bond acceptors (Lipinski definition) is 3. The first kappa shape index (κ1) is 28.3. The Hall–Kier alpha value is -2.70. The second-order valence-corrected chi connectivity index (χ2v) is 13.4. The van der Waals surface area contributed by atoms with Crippen molar-refractivity contribution in [1.82, 2.24) is 0 Å². The van der Waals surface area contributed by atoms with Gasteiger partial charge in [0, 0.05) is 47.5 Å². The number of nitrogens with zero attached hydrogens (tertiary/aromatic N) is 2. The van der Waals surface area contributed by atoms with Gasteiger partial charge in [0.05, 0.1) is 10.3 Å². The topological polar surface area (TPSA) is 60.6 Å². The minimum atomic E-state index is -4.28. The molecule has 1 N–H and O–H groups in total. The summed E-state index contributed by atoms with van der Waals surface area (Å²) in [6, 6.07) is 13.6. The van der Waals surface area contributed by atoms with Crippen molar-refractivity contribution in [2.75, 3.05) is 18.0 Å². The van der Waals surface area contributed by atoms with E-state index in [1.54, 1.807) is 6.07 Å². The number of likely N-dealkylation sites (N-methyl/N-ethyl adjacent to an activating group) is 1. The molecule has 4 rings (SSSR count). The van der Waals surface area contributed by atoms with Gasteiger partial charge in [0.1, 0.15) is 6.54 Å². The maximum Gasteiger partial charge on any atom is 0.294 e. The van der Waals surface area contributed by atoms with Crippen LogP contribution >= 0.6 is 0 Å². The van der Waals surface area contributed by atoms with Crippen LogP contribution in [0.4, 0.5) is 11.4 Å². The van der Waals surface area contributed by atoms with Crippen LogP contribution in [-0.2, 0) is 20.9 Å². The summed E-state index contributed by atoms with van der Waals surface area (Å²) in [5, 5.41) is 0. The van der Waals surface area contributed by atoms with Gasteiger partial charge in [-0.15, -0.1) is 0 Å². The molecule has 0 atom stereocenters. The van der Waals surface area contributed by atoms with Crippen molar-refractivity contribution in [3.63, 3.8) is 0 Å². The summed E-state index contributed by atoms with van der Waals surface area (Å²) in [6.45, 7) is 17.3. The lowest BCUT2D eigenvalue weighted by Gasteiger charge is -2.25. The van der Waals surface area contributed by atoms with Crippen LogP contribution in [-0.4, -0.2) is 36.3 Å². The van der Waals surface area contributed by atoms with Crippen LogP contribution in [0, 0.1) is 5.92 Å². The first-order chi connectivity index (χ1) is 17.8. The number of anilines is 1. The van der Waals surface area contributed by atoms with Crippen molar-refractivity contribution in [3.8, 4) is 0 Å². The fraction of sp³-hybridized carbons (Fsp3) is 0.469. The van der Waals surface area contributed by atoms with Gasteiger partial charge in [-0.1, -0.05) is 58.4 Å². The van der Waals surface area contributed by atoms with Gasteiger partial charge < -0.3 is 4.90 Å². The minimum absolute atomic E-state index is 0.0551. The van der Waals surface area contributed by atoms with E-state index in [0.717, 1.165) is 42.9 Å². The van der Waals surface area contributed by atoms with Crippen LogP contribution in [0.25, 0.3) is 0 Å². The monoisotopic (exact) mass is 535 g/mol. The first-order valence-electron chi connectivity index (χ1n) is 13.8. The van der Waals surface area contributed by atoms with E-state index in [2.05, 4.69) is 100 Å². The van der Waals surface area contributed by atoms with Crippen molar-refractivity contribution < 1.29 is 17.5 Å². The molecular formula is C32H43N2O3S+. The molecule has 2 aromatic carbocycles. The van der Waals surface area contributed by atoms with E-state index in [-0.39, 0.29) is 10.3 Å². The second kappa shape index (κ2) is 10.5. The van der Waals surface area contributed by atoms with Gasteiger partial charge in [0.15, 0.2) is 5.71 Å². The summed E-state index contributed by atoms with van der Waals surface area (Å²) in [7, 11) is -4.28. The quantitative estimate of drug-likeness (QED) is 0.207. The summed E-state index contributed by atoms with van der Waals surface area (Å²) in [5.74, 6) is 0.671. The number of unbranched alkanes of at least 4 members (excludes halogenated alkanes) is 1. The van der Waals surface area contributed by atoms with E-state index in [1.807, 2.05) is 6.07 Å². The molecule has 0 radical (unpaired) electrons. The first-order valence-corrected chi connectivity index (χ1v) is 15.3. The highest BCUT2D eigenvalue weighted by Crippen LogP contribution is 2.47. The van der Waals surface area contributed by atoms with E-state index in [4.69, 9.17) is 0 Å². The lowest BCUT2D eigenvalue weighted by molar-refractivity contribution is -0.438. The van der Waals surface area contributed by atoms with Crippen molar-refractivity contribution in [2.45, 2.75) is 83.5 Å². The summed E-state index contributed by atoms with van der Waals surface area (Å²) >= 11 is 0. The third-order valence-corrected chi connectivity index (χ3v) is 9.05. The molecular weight excluding hydrogens is 492 g/mol. The molecule has 0 bridgehead atoms. The molecule has 2 aliphatic rings. The van der Waals surface area contributed by atoms with Crippen molar-refractivity contribution in [3.05, 3.63) is 77.5 Å². The Bertz CT molecular complexity index is 1410. The summed E-state index contributed by atoms with van der Waals surface area (Å²) in [4.78, 5) is 2.33. The van der Waals surface area contributed by atoms with Gasteiger partial charge in [-0.2, -0.15) is 13.0 Å². The third kappa shape index (κ3) is 5.13. The molecule has 0 fully saturated rings. The highest BCUT2D eigenvalue weighted by atomic mass is 32.2. The van der Waals surface area contributed by atoms with Gasteiger partial charge in [0.25, 0.3) is 10.1 Å². The van der Waals surface area contributed by atoms with Gasteiger partial charge in [-0.25, -0.2) is 0 Å². The van der Waals surface area contributed by atoms with Gasteiger partial charge in [-0.05, 0) is 62.9 Å². The molecule has 0 aromatic heterocycles. The molecule has 0 spiro atoms. The predicted octanol–water partition coefficient (Wildman–Crippen LogP) is 7.39. The van der Waals surface area contributed by atoms with Crippen LogP contribution in [0.2, 0.25) is 0 Å². The zero-order valence-corrected chi connectivity index (χ0v) is 24.8. The Morgan fingerprint density at radius 3 is 2.37 bits per heavy atom. The van der Waals surface area contributed by atoms with Crippen molar-refractivity contribution >= 4 is 27.2 Å². The molecule has 2 heterocycles. The van der Waals surface area contributed by atoms with Gasteiger partial charge in [-0.3, -0.25) is 4.55 Å². The molecule has 5 nitrogen and oxygen atoms in total. The Morgan fingerprint density at radius 2 is 1.71 bits per heavy atom. The Labute approximate surface area is 229 Å². The number of fused-ring (bicyclic) bond motifs is 2. The zero-order chi connectivity index (χ0) is 27.9. The molecule has 2 aliphatic heterocycles. The summed E-state index contributed by atoms with van der Waals surface area (Å²) in [5.41, 5.74) is 6.44. The maximum absolute atomic E-state index is 11.9. The van der Waals surface area contributed by atoms with Crippen LogP contribution in [0.3, 0.4) is 0 Å². The fourth-order valence-corrected chi connectivity index (χ4v) is 6.60. The number of hydrogen-bond donors (Lipinski definition) is 1. The molecule has 0 saturated heterocycles. The van der Waals surface area contributed by atoms with Crippen LogP contribution in [0.15, 0.2) is 71.3 Å². The largest absolute Gasteiger partial charge is 0.344 e.